The largest absolute Gasteiger partial charge is 0.462 e. The van der Waals surface area contributed by atoms with Crippen molar-refractivity contribution in [2.75, 3.05) is 12.3 Å². The quantitative estimate of drug-likeness (QED) is 0.307. The van der Waals surface area contributed by atoms with Crippen LogP contribution in [0.4, 0.5) is 5.82 Å². The molecule has 9 nitrogen and oxygen atoms in total. The number of ether oxygens (including phenoxy) is 1. The number of rotatable bonds is 6. The lowest BCUT2D eigenvalue weighted by Gasteiger charge is -2.18. The first-order chi connectivity index (χ1) is 15.7. The number of furan rings is 1. The number of esters is 1. The van der Waals surface area contributed by atoms with E-state index in [0.717, 1.165) is 5.56 Å². The molecule has 172 valence electrons. The minimum atomic E-state index is -0.514. The maximum atomic E-state index is 12.3. The van der Waals surface area contributed by atoms with Crippen molar-refractivity contribution in [3.05, 3.63) is 47.0 Å². The number of thioether (sulfide) groups is 1. The van der Waals surface area contributed by atoms with E-state index in [-0.39, 0.29) is 29.1 Å². The normalized spacial score (nSPS) is 11.8. The van der Waals surface area contributed by atoms with Crippen LogP contribution in [0.15, 0.2) is 38.3 Å². The molecule has 33 heavy (non-hydrogen) atoms. The fraction of sp³-hybridized carbons (Fsp3) is 0.348. The maximum Gasteiger partial charge on any atom is 0.342 e. The fourth-order valence-corrected chi connectivity index (χ4v) is 3.94. The van der Waals surface area contributed by atoms with Gasteiger partial charge in [-0.05, 0) is 37.0 Å². The van der Waals surface area contributed by atoms with Gasteiger partial charge in [0.15, 0.2) is 0 Å². The number of fused-ring (bicyclic) bond motifs is 1. The molecule has 0 aliphatic heterocycles. The van der Waals surface area contributed by atoms with Crippen LogP contribution in [0, 0.1) is 6.92 Å². The molecule has 0 aliphatic carbocycles. The molecule has 0 radical (unpaired) electrons. The number of nitrogens with zero attached hydrogens (tertiary/aromatic N) is 4. The standard InChI is InChI=1S/C23H25N5O4S/c1-6-30-21(29)16-12(2)31-20-17(16)18(24)25-15(26-20)11-33-22-28-27-19(32-22)13-7-9-14(10-8-13)23(3,4)5/h7-10H,6,11H2,1-5H3,(H2,24,25,26). The van der Waals surface area contributed by atoms with Gasteiger partial charge in [-0.1, -0.05) is 44.7 Å². The van der Waals surface area contributed by atoms with Crippen molar-refractivity contribution >= 4 is 34.6 Å². The summed E-state index contributed by atoms with van der Waals surface area (Å²) in [5.74, 6) is 1.21. The summed E-state index contributed by atoms with van der Waals surface area (Å²) in [6, 6.07) is 8.07. The second-order valence-corrected chi connectivity index (χ2v) is 9.37. The van der Waals surface area contributed by atoms with Crippen molar-refractivity contribution in [1.82, 2.24) is 20.2 Å². The zero-order chi connectivity index (χ0) is 23.8. The maximum absolute atomic E-state index is 12.3. The van der Waals surface area contributed by atoms with Crippen LogP contribution < -0.4 is 5.73 Å². The number of benzene rings is 1. The predicted octanol–water partition coefficient (Wildman–Crippen LogP) is 4.93. The molecule has 3 heterocycles. The van der Waals surface area contributed by atoms with Crippen LogP contribution in [0.5, 0.6) is 0 Å². The van der Waals surface area contributed by atoms with Gasteiger partial charge in [0.25, 0.3) is 5.22 Å². The topological polar surface area (TPSA) is 130 Å². The van der Waals surface area contributed by atoms with Crippen molar-refractivity contribution < 1.29 is 18.4 Å². The first-order valence-electron chi connectivity index (χ1n) is 10.5. The van der Waals surface area contributed by atoms with Gasteiger partial charge < -0.3 is 19.3 Å². The molecular formula is C23H25N5O4S. The molecule has 0 amide bonds. The summed E-state index contributed by atoms with van der Waals surface area (Å²) in [5, 5.41) is 8.98. The lowest BCUT2D eigenvalue weighted by molar-refractivity contribution is 0.0526. The van der Waals surface area contributed by atoms with E-state index in [0.29, 0.717) is 33.8 Å². The van der Waals surface area contributed by atoms with E-state index in [1.165, 1.54) is 17.3 Å². The molecule has 2 N–H and O–H groups in total. The Balaban J connectivity index is 1.50. The lowest BCUT2D eigenvalue weighted by atomic mass is 9.87. The van der Waals surface area contributed by atoms with Gasteiger partial charge in [-0.2, -0.15) is 4.98 Å². The SMILES string of the molecule is CCOC(=O)c1c(C)oc2nc(CSc3nnc(-c4ccc(C(C)(C)C)cc4)o3)nc(N)c12. The molecule has 4 aromatic rings. The number of hydrogen-bond acceptors (Lipinski definition) is 10. The molecule has 0 saturated carbocycles. The molecule has 0 spiro atoms. The molecule has 0 aliphatic rings. The van der Waals surface area contributed by atoms with Crippen LogP contribution in [-0.4, -0.2) is 32.7 Å². The summed E-state index contributed by atoms with van der Waals surface area (Å²) < 4.78 is 16.5. The van der Waals surface area contributed by atoms with Gasteiger partial charge in [0.1, 0.15) is 23.0 Å². The van der Waals surface area contributed by atoms with E-state index in [1.54, 1.807) is 13.8 Å². The van der Waals surface area contributed by atoms with Gasteiger partial charge >= 0.3 is 5.97 Å². The third-order valence-electron chi connectivity index (χ3n) is 5.01. The van der Waals surface area contributed by atoms with Gasteiger partial charge in [-0.15, -0.1) is 10.2 Å². The van der Waals surface area contributed by atoms with Crippen molar-refractivity contribution in [1.29, 1.82) is 0 Å². The summed E-state index contributed by atoms with van der Waals surface area (Å²) in [6.45, 7) is 10.1. The third-order valence-corrected chi connectivity index (χ3v) is 5.83. The van der Waals surface area contributed by atoms with Crippen LogP contribution in [0.25, 0.3) is 22.6 Å². The molecule has 10 heteroatoms. The Morgan fingerprint density at radius 3 is 2.52 bits per heavy atom. The zero-order valence-corrected chi connectivity index (χ0v) is 19.9. The molecule has 4 rings (SSSR count). The summed E-state index contributed by atoms with van der Waals surface area (Å²) >= 11 is 1.28. The Morgan fingerprint density at radius 1 is 1.12 bits per heavy atom. The Kier molecular flexibility index (Phi) is 6.11. The minimum Gasteiger partial charge on any atom is -0.462 e. The van der Waals surface area contributed by atoms with Gasteiger partial charge in [-0.25, -0.2) is 9.78 Å². The van der Waals surface area contributed by atoms with Crippen LogP contribution >= 0.6 is 11.8 Å². The molecule has 0 saturated heterocycles. The molecule has 3 aromatic heterocycles. The van der Waals surface area contributed by atoms with Crippen LogP contribution in [0.2, 0.25) is 0 Å². The average Bonchev–Trinajstić information content (AvgIpc) is 3.36. The van der Waals surface area contributed by atoms with Crippen molar-refractivity contribution in [2.24, 2.45) is 0 Å². The summed E-state index contributed by atoms with van der Waals surface area (Å²) in [6.07, 6.45) is 0. The highest BCUT2D eigenvalue weighted by Gasteiger charge is 2.24. The molecule has 0 unspecified atom stereocenters. The smallest absolute Gasteiger partial charge is 0.342 e. The van der Waals surface area contributed by atoms with E-state index >= 15 is 0 Å². The number of carbonyl (C=O) groups excluding carboxylic acids is 1. The van der Waals surface area contributed by atoms with E-state index < -0.39 is 5.97 Å². The number of nitrogen functional groups attached to an aromatic ring is 1. The van der Waals surface area contributed by atoms with Crippen LogP contribution in [0.1, 0.15) is 55.2 Å². The summed E-state index contributed by atoms with van der Waals surface area (Å²) in [4.78, 5) is 21.0. The minimum absolute atomic E-state index is 0.0704. The Bertz CT molecular complexity index is 1310. The Hall–Kier alpha value is -3.40. The highest BCUT2D eigenvalue weighted by atomic mass is 32.2. The van der Waals surface area contributed by atoms with E-state index in [4.69, 9.17) is 19.3 Å². The lowest BCUT2D eigenvalue weighted by Crippen LogP contribution is -2.10. The van der Waals surface area contributed by atoms with Gasteiger partial charge in [0.2, 0.25) is 11.6 Å². The number of hydrogen-bond donors (Lipinski definition) is 1. The number of nitrogens with two attached hydrogens (primary N) is 1. The molecular weight excluding hydrogens is 442 g/mol. The summed E-state index contributed by atoms with van der Waals surface area (Å²) in [7, 11) is 0. The number of carbonyl (C=O) groups is 1. The first-order valence-corrected chi connectivity index (χ1v) is 11.5. The van der Waals surface area contributed by atoms with Gasteiger partial charge in [0, 0.05) is 5.56 Å². The second-order valence-electron chi connectivity index (χ2n) is 8.45. The van der Waals surface area contributed by atoms with Gasteiger partial charge in [-0.3, -0.25) is 0 Å². The zero-order valence-electron chi connectivity index (χ0n) is 19.1. The molecule has 0 fully saturated rings. The third kappa shape index (κ3) is 4.70. The number of anilines is 1. The molecule has 1 aromatic carbocycles. The van der Waals surface area contributed by atoms with E-state index in [1.807, 2.05) is 12.1 Å². The highest BCUT2D eigenvalue weighted by Crippen LogP contribution is 2.31. The Labute approximate surface area is 195 Å². The summed E-state index contributed by atoms with van der Waals surface area (Å²) in [5.41, 5.74) is 8.76. The predicted molar refractivity (Wildman–Crippen MR) is 125 cm³/mol. The fourth-order valence-electron chi connectivity index (χ4n) is 3.32. The van der Waals surface area contributed by atoms with Crippen molar-refractivity contribution in [3.8, 4) is 11.5 Å². The van der Waals surface area contributed by atoms with Gasteiger partial charge in [0.05, 0.1) is 17.7 Å². The first kappa shape index (κ1) is 22.8. The van der Waals surface area contributed by atoms with Crippen LogP contribution in [0.3, 0.4) is 0 Å². The van der Waals surface area contributed by atoms with E-state index in [9.17, 15) is 4.79 Å². The van der Waals surface area contributed by atoms with E-state index in [2.05, 4.69) is 53.1 Å². The highest BCUT2D eigenvalue weighted by molar-refractivity contribution is 7.98. The Morgan fingerprint density at radius 2 is 1.85 bits per heavy atom. The molecule has 0 bridgehead atoms. The van der Waals surface area contributed by atoms with Crippen molar-refractivity contribution in [2.45, 2.75) is 51.0 Å². The number of aryl methyl sites for hydroxylation is 1. The van der Waals surface area contributed by atoms with Crippen LogP contribution in [-0.2, 0) is 15.9 Å². The average molecular weight is 468 g/mol. The number of aromatic nitrogens is 4. The monoisotopic (exact) mass is 467 g/mol. The molecule has 0 atom stereocenters. The van der Waals surface area contributed by atoms with Crippen molar-refractivity contribution in [3.63, 3.8) is 0 Å². The second kappa shape index (κ2) is 8.86.